The van der Waals surface area contributed by atoms with Crippen LogP contribution in [0.1, 0.15) is 22.3 Å². The summed E-state index contributed by atoms with van der Waals surface area (Å²) in [6.45, 7) is 0. The van der Waals surface area contributed by atoms with Crippen LogP contribution in [0.4, 0.5) is 0 Å². The standard InChI is InChI=1S/C28H19Cl2O3S.2Na/c29-26-16-9-22(10-17-26)2-1-20-5-12-24(13-6-20)25-14-7-21(8-15-25)3-4-23-11-18-27(30)28(19-23)34-33-32-31;;/h1-16,18-19,31H;;/q-1;2*+1/p-1/b2-1+,4-3+;;. The summed E-state index contributed by atoms with van der Waals surface area (Å²) in [6, 6.07) is 30.8. The Morgan fingerprint density at radius 2 is 1.17 bits per heavy atom. The van der Waals surface area contributed by atoms with E-state index in [0.717, 1.165) is 45.4 Å². The molecule has 0 amide bonds. The van der Waals surface area contributed by atoms with E-state index in [9.17, 15) is 5.26 Å². The molecule has 0 bridgehead atoms. The minimum Gasteiger partial charge on any atom is -0.691 e. The van der Waals surface area contributed by atoms with Crippen LogP contribution in [0.15, 0.2) is 89.8 Å². The summed E-state index contributed by atoms with van der Waals surface area (Å²) >= 11 is 12.7. The molecule has 0 radical (unpaired) electrons. The molecule has 4 aromatic carbocycles. The van der Waals surface area contributed by atoms with Crippen molar-refractivity contribution in [2.24, 2.45) is 0 Å². The molecule has 4 rings (SSSR count). The molecule has 3 nitrogen and oxygen atoms in total. The van der Waals surface area contributed by atoms with Crippen molar-refractivity contribution in [3.05, 3.63) is 123 Å². The fourth-order valence-electron chi connectivity index (χ4n) is 3.22. The van der Waals surface area contributed by atoms with E-state index in [2.05, 4.69) is 70.0 Å². The van der Waals surface area contributed by atoms with Crippen molar-refractivity contribution in [1.29, 1.82) is 0 Å². The Kier molecular flexibility index (Phi) is 14.1. The zero-order valence-corrected chi connectivity index (χ0v) is 26.1. The largest absolute Gasteiger partial charge is 1.00 e. The van der Waals surface area contributed by atoms with Gasteiger partial charge in [0, 0.05) is 0 Å². The van der Waals surface area contributed by atoms with Crippen LogP contribution in [-0.4, -0.2) is 0 Å². The van der Waals surface area contributed by atoms with Gasteiger partial charge in [0.1, 0.15) is 0 Å². The molecule has 0 spiro atoms. The summed E-state index contributed by atoms with van der Waals surface area (Å²) in [5.41, 5.74) is 6.44. The molecule has 0 heterocycles. The second-order valence-corrected chi connectivity index (χ2v) is 8.85. The average Bonchev–Trinajstić information content (AvgIpc) is 2.88. The summed E-state index contributed by atoms with van der Waals surface area (Å²) in [5, 5.41) is 14.5. The van der Waals surface area contributed by atoms with Crippen LogP contribution in [0.3, 0.4) is 0 Å². The second-order valence-electron chi connectivity index (χ2n) is 7.29. The monoisotopic (exact) mass is 550 g/mol. The van der Waals surface area contributed by atoms with Crippen molar-refractivity contribution < 1.29 is 73.7 Å². The zero-order chi connectivity index (χ0) is 23.8. The topological polar surface area (TPSA) is 41.5 Å². The van der Waals surface area contributed by atoms with Gasteiger partial charge in [-0.15, -0.1) is 23.2 Å². The van der Waals surface area contributed by atoms with Gasteiger partial charge < -0.3 is 5.26 Å². The molecule has 0 N–H and O–H groups in total. The molecule has 170 valence electrons. The van der Waals surface area contributed by atoms with Crippen molar-refractivity contribution in [2.45, 2.75) is 4.90 Å². The molecule has 0 aliphatic carbocycles. The Balaban J connectivity index is 0.00000228. The second kappa shape index (κ2) is 16.2. The van der Waals surface area contributed by atoms with Gasteiger partial charge in [0.25, 0.3) is 0 Å². The predicted molar refractivity (Wildman–Crippen MR) is 140 cm³/mol. The number of benzene rings is 4. The Morgan fingerprint density at radius 1 is 0.667 bits per heavy atom. The maximum absolute atomic E-state index is 10.0. The first kappa shape index (κ1) is 31.4. The van der Waals surface area contributed by atoms with Crippen molar-refractivity contribution >= 4 is 59.5 Å². The van der Waals surface area contributed by atoms with Crippen molar-refractivity contribution in [2.75, 3.05) is 0 Å². The molecule has 0 aromatic heterocycles. The van der Waals surface area contributed by atoms with Gasteiger partial charge in [0.2, 0.25) is 0 Å². The van der Waals surface area contributed by atoms with Crippen LogP contribution >= 0.6 is 35.2 Å². The average molecular weight is 551 g/mol. The SMILES string of the molecule is [Na+].[Na+].[O-]OOSc1cc(/C=C/c2ccc(-c3ccc(/C=C/c4c[c-]c(Cl)cc4)cc3)cc2)ccc1Cl. The molecule has 0 saturated heterocycles. The summed E-state index contributed by atoms with van der Waals surface area (Å²) in [7, 11) is 0. The molecule has 0 fully saturated rings. The van der Waals surface area contributed by atoms with Crippen molar-refractivity contribution in [3.63, 3.8) is 0 Å². The number of halogens is 2. The minimum atomic E-state index is 0. The van der Waals surface area contributed by atoms with Crippen LogP contribution in [0.2, 0.25) is 10.0 Å². The molecule has 36 heavy (non-hydrogen) atoms. The summed E-state index contributed by atoms with van der Waals surface area (Å²) in [4.78, 5) is 0.597. The van der Waals surface area contributed by atoms with Crippen LogP contribution in [-0.2, 0) is 9.37 Å². The van der Waals surface area contributed by atoms with Crippen molar-refractivity contribution in [1.82, 2.24) is 0 Å². The Labute approximate surface area is 269 Å². The van der Waals surface area contributed by atoms with Gasteiger partial charge in [-0.1, -0.05) is 89.4 Å². The molecule has 0 aliphatic rings. The van der Waals surface area contributed by atoms with Crippen molar-refractivity contribution in [3.8, 4) is 11.1 Å². The Morgan fingerprint density at radius 3 is 1.69 bits per heavy atom. The Bertz CT molecular complexity index is 1290. The van der Waals surface area contributed by atoms with Gasteiger partial charge in [0.15, 0.2) is 0 Å². The van der Waals surface area contributed by atoms with Gasteiger partial charge in [-0.25, -0.2) is 0 Å². The smallest absolute Gasteiger partial charge is 0.691 e. The van der Waals surface area contributed by atoms with Gasteiger partial charge in [-0.05, 0) is 39.9 Å². The first-order valence-electron chi connectivity index (χ1n) is 10.3. The van der Waals surface area contributed by atoms with Gasteiger partial charge in [-0.3, -0.25) is 5.04 Å². The first-order valence-corrected chi connectivity index (χ1v) is 11.8. The van der Waals surface area contributed by atoms with Crippen LogP contribution in [0.25, 0.3) is 35.4 Å². The maximum Gasteiger partial charge on any atom is 1.00 e. The van der Waals surface area contributed by atoms with E-state index in [1.54, 1.807) is 6.07 Å². The third-order valence-electron chi connectivity index (χ3n) is 5.00. The van der Waals surface area contributed by atoms with Crippen LogP contribution in [0, 0.1) is 6.07 Å². The summed E-state index contributed by atoms with van der Waals surface area (Å²) in [5.74, 6) is 0. The first-order chi connectivity index (χ1) is 16.6. The molecular weight excluding hydrogens is 533 g/mol. The van der Waals surface area contributed by atoms with E-state index in [-0.39, 0.29) is 59.1 Å². The van der Waals surface area contributed by atoms with E-state index >= 15 is 0 Å². The zero-order valence-electron chi connectivity index (χ0n) is 19.8. The summed E-state index contributed by atoms with van der Waals surface area (Å²) in [6.07, 6.45) is 8.08. The van der Waals surface area contributed by atoms with E-state index in [1.165, 1.54) is 0 Å². The number of hydrogen-bond acceptors (Lipinski definition) is 4. The fraction of sp³-hybridized carbons (Fsp3) is 0. The summed E-state index contributed by atoms with van der Waals surface area (Å²) < 4.78 is 4.36. The van der Waals surface area contributed by atoms with E-state index < -0.39 is 0 Å². The molecule has 0 unspecified atom stereocenters. The molecule has 0 saturated carbocycles. The molecule has 0 atom stereocenters. The minimum absolute atomic E-state index is 0. The molecule has 0 aliphatic heterocycles. The van der Waals surface area contributed by atoms with Crippen LogP contribution < -0.4 is 64.4 Å². The predicted octanol–water partition coefficient (Wildman–Crippen LogP) is 2.04. The number of rotatable bonds is 8. The Hall–Kier alpha value is -0.830. The maximum atomic E-state index is 10.0. The van der Waals surface area contributed by atoms with Gasteiger partial charge >= 0.3 is 59.1 Å². The van der Waals surface area contributed by atoms with E-state index in [1.807, 2.05) is 48.6 Å². The molecule has 4 aromatic rings. The number of hydrogen-bond donors (Lipinski definition) is 0. The van der Waals surface area contributed by atoms with E-state index in [0.29, 0.717) is 14.9 Å². The van der Waals surface area contributed by atoms with Gasteiger partial charge in [-0.2, -0.15) is 28.6 Å². The van der Waals surface area contributed by atoms with Crippen LogP contribution in [0.5, 0.6) is 0 Å². The third kappa shape index (κ3) is 9.48. The quantitative estimate of drug-likeness (QED) is 0.0840. The third-order valence-corrected chi connectivity index (χ3v) is 6.31. The molecule has 8 heteroatoms. The fourth-order valence-corrected chi connectivity index (χ4v) is 3.98. The van der Waals surface area contributed by atoms with E-state index in [4.69, 9.17) is 23.2 Å². The normalized spacial score (nSPS) is 10.9. The van der Waals surface area contributed by atoms with Gasteiger partial charge in [0.05, 0.1) is 22.0 Å². The molecular formula is C28H18Cl2Na2O3S.